The fourth-order valence-electron chi connectivity index (χ4n) is 2.98. The Morgan fingerprint density at radius 2 is 2.06 bits per heavy atom. The Bertz CT molecular complexity index is 1080. The van der Waals surface area contributed by atoms with Crippen molar-refractivity contribution in [3.05, 3.63) is 70.9 Å². The third-order valence-corrected chi connectivity index (χ3v) is 4.82. The maximum Gasteiger partial charge on any atom is 0.271 e. The zero-order valence-corrected chi connectivity index (χ0v) is 17.2. The molecule has 0 aliphatic carbocycles. The second-order valence-electron chi connectivity index (χ2n) is 6.68. The van der Waals surface area contributed by atoms with E-state index in [1.54, 1.807) is 24.4 Å². The summed E-state index contributed by atoms with van der Waals surface area (Å²) in [6, 6.07) is 9.21. The standard InChI is InChI=1S/C21H19ClFN5O3/c22-17-13-26-21(28-7-9-30-10-8-28)27-18(17)19(29)25-12-14-3-2-6-24-20(14)31-16-5-1-4-15(23)11-16/h1-6,11,13H,7-10,12H2,(H,25,29). The molecule has 8 nitrogen and oxygen atoms in total. The summed E-state index contributed by atoms with van der Waals surface area (Å²) in [4.78, 5) is 27.4. The molecular weight excluding hydrogens is 425 g/mol. The van der Waals surface area contributed by atoms with Gasteiger partial charge in [-0.15, -0.1) is 0 Å². The normalized spacial score (nSPS) is 13.7. The molecule has 2 aromatic heterocycles. The first-order chi connectivity index (χ1) is 15.1. The molecule has 10 heteroatoms. The van der Waals surface area contributed by atoms with E-state index in [4.69, 9.17) is 21.1 Å². The third kappa shape index (κ3) is 5.25. The van der Waals surface area contributed by atoms with Gasteiger partial charge in [-0.2, -0.15) is 0 Å². The molecule has 160 valence electrons. The number of carbonyl (C=O) groups is 1. The molecule has 4 rings (SSSR count). The molecule has 0 spiro atoms. The fourth-order valence-corrected chi connectivity index (χ4v) is 3.16. The number of ether oxygens (including phenoxy) is 2. The third-order valence-electron chi connectivity index (χ3n) is 4.54. The highest BCUT2D eigenvalue weighted by molar-refractivity contribution is 6.33. The average molecular weight is 444 g/mol. The van der Waals surface area contributed by atoms with Crippen molar-refractivity contribution in [2.45, 2.75) is 6.54 Å². The Morgan fingerprint density at radius 3 is 2.87 bits per heavy atom. The van der Waals surface area contributed by atoms with Gasteiger partial charge in [-0.1, -0.05) is 23.7 Å². The van der Waals surface area contributed by atoms with Crippen molar-refractivity contribution in [3.63, 3.8) is 0 Å². The molecule has 0 bridgehead atoms. The molecule has 1 aliphatic heterocycles. The minimum atomic E-state index is -0.456. The fraction of sp³-hybridized carbons (Fsp3) is 0.238. The monoisotopic (exact) mass is 443 g/mol. The summed E-state index contributed by atoms with van der Waals surface area (Å²) in [5.41, 5.74) is 0.688. The van der Waals surface area contributed by atoms with E-state index in [9.17, 15) is 9.18 Å². The molecule has 0 unspecified atom stereocenters. The minimum absolute atomic E-state index is 0.0784. The van der Waals surface area contributed by atoms with Gasteiger partial charge in [-0.3, -0.25) is 4.79 Å². The second-order valence-corrected chi connectivity index (χ2v) is 7.08. The first-order valence-electron chi connectivity index (χ1n) is 9.61. The number of halogens is 2. The van der Waals surface area contributed by atoms with Gasteiger partial charge in [0.2, 0.25) is 11.8 Å². The van der Waals surface area contributed by atoms with E-state index in [1.165, 1.54) is 24.4 Å². The van der Waals surface area contributed by atoms with Crippen molar-refractivity contribution in [2.75, 3.05) is 31.2 Å². The van der Waals surface area contributed by atoms with Gasteiger partial charge in [-0.05, 0) is 18.2 Å². The number of nitrogens with zero attached hydrogens (tertiary/aromatic N) is 4. The van der Waals surface area contributed by atoms with Crippen molar-refractivity contribution >= 4 is 23.5 Å². The van der Waals surface area contributed by atoms with Gasteiger partial charge in [0, 0.05) is 37.5 Å². The molecule has 1 fully saturated rings. The second kappa shape index (κ2) is 9.67. The van der Waals surface area contributed by atoms with Gasteiger partial charge < -0.3 is 19.7 Å². The Hall–Kier alpha value is -3.30. The summed E-state index contributed by atoms with van der Waals surface area (Å²) in [6.45, 7) is 2.54. The number of hydrogen-bond acceptors (Lipinski definition) is 7. The number of aromatic nitrogens is 3. The van der Waals surface area contributed by atoms with Crippen molar-refractivity contribution in [1.29, 1.82) is 0 Å². The van der Waals surface area contributed by atoms with Crippen molar-refractivity contribution < 1.29 is 18.7 Å². The van der Waals surface area contributed by atoms with Crippen LogP contribution in [0.5, 0.6) is 11.6 Å². The summed E-state index contributed by atoms with van der Waals surface area (Å²) < 4.78 is 24.4. The van der Waals surface area contributed by atoms with E-state index in [0.717, 1.165) is 0 Å². The van der Waals surface area contributed by atoms with Crippen LogP contribution in [0.3, 0.4) is 0 Å². The van der Waals surface area contributed by atoms with Crippen LogP contribution in [0.1, 0.15) is 16.1 Å². The van der Waals surface area contributed by atoms with Crippen molar-refractivity contribution in [1.82, 2.24) is 20.3 Å². The lowest BCUT2D eigenvalue weighted by Gasteiger charge is -2.26. The summed E-state index contributed by atoms with van der Waals surface area (Å²) in [5.74, 6) is 0.117. The van der Waals surface area contributed by atoms with Gasteiger partial charge in [0.25, 0.3) is 5.91 Å². The lowest BCUT2D eigenvalue weighted by atomic mass is 10.2. The summed E-state index contributed by atoms with van der Waals surface area (Å²) in [7, 11) is 0. The molecular formula is C21H19ClFN5O3. The van der Waals surface area contributed by atoms with E-state index in [2.05, 4.69) is 20.3 Å². The van der Waals surface area contributed by atoms with Gasteiger partial charge in [0.15, 0.2) is 5.69 Å². The molecule has 1 amide bonds. The molecule has 1 saturated heterocycles. The number of amides is 1. The predicted molar refractivity (Wildman–Crippen MR) is 112 cm³/mol. The highest BCUT2D eigenvalue weighted by Crippen LogP contribution is 2.24. The first-order valence-corrected chi connectivity index (χ1v) is 9.99. The maximum absolute atomic E-state index is 13.4. The number of benzene rings is 1. The number of rotatable bonds is 6. The topological polar surface area (TPSA) is 89.5 Å². The van der Waals surface area contributed by atoms with Crippen LogP contribution in [0.25, 0.3) is 0 Å². The van der Waals surface area contributed by atoms with Crippen LogP contribution in [-0.4, -0.2) is 47.2 Å². The van der Waals surface area contributed by atoms with Crippen LogP contribution in [0, 0.1) is 5.82 Å². The Morgan fingerprint density at radius 1 is 1.23 bits per heavy atom. The smallest absolute Gasteiger partial charge is 0.271 e. The van der Waals surface area contributed by atoms with Crippen LogP contribution >= 0.6 is 11.6 Å². The Labute approximate surface area is 183 Å². The minimum Gasteiger partial charge on any atom is -0.439 e. The SMILES string of the molecule is O=C(NCc1cccnc1Oc1cccc(F)c1)c1nc(N2CCOCC2)ncc1Cl. The average Bonchev–Trinajstić information content (AvgIpc) is 2.79. The molecule has 3 heterocycles. The molecule has 31 heavy (non-hydrogen) atoms. The van der Waals surface area contributed by atoms with Crippen LogP contribution in [-0.2, 0) is 11.3 Å². The maximum atomic E-state index is 13.4. The number of carbonyl (C=O) groups excluding carboxylic acids is 1. The number of anilines is 1. The predicted octanol–water partition coefficient (Wildman–Crippen LogP) is 3.22. The van der Waals surface area contributed by atoms with Crippen LogP contribution in [0.2, 0.25) is 5.02 Å². The first kappa shape index (κ1) is 21.0. The van der Waals surface area contributed by atoms with E-state index < -0.39 is 11.7 Å². The summed E-state index contributed by atoms with van der Waals surface area (Å²) in [5, 5.41) is 2.92. The molecule has 0 radical (unpaired) electrons. The van der Waals surface area contributed by atoms with Crippen molar-refractivity contribution in [3.8, 4) is 11.6 Å². The number of morpholine rings is 1. The van der Waals surface area contributed by atoms with Crippen LogP contribution < -0.4 is 15.0 Å². The van der Waals surface area contributed by atoms with Gasteiger partial charge in [0.05, 0.1) is 24.4 Å². The van der Waals surface area contributed by atoms with E-state index in [0.29, 0.717) is 43.6 Å². The zero-order valence-electron chi connectivity index (χ0n) is 16.4. The lowest BCUT2D eigenvalue weighted by molar-refractivity contribution is 0.0945. The van der Waals surface area contributed by atoms with Crippen LogP contribution in [0.15, 0.2) is 48.8 Å². The van der Waals surface area contributed by atoms with E-state index in [1.807, 2.05) is 4.90 Å². The summed E-state index contributed by atoms with van der Waals surface area (Å²) in [6.07, 6.45) is 2.96. The molecule has 1 aliphatic rings. The van der Waals surface area contributed by atoms with Crippen molar-refractivity contribution in [2.24, 2.45) is 0 Å². The van der Waals surface area contributed by atoms with Gasteiger partial charge in [0.1, 0.15) is 11.6 Å². The quantitative estimate of drug-likeness (QED) is 0.625. The van der Waals surface area contributed by atoms with Gasteiger partial charge >= 0.3 is 0 Å². The Kier molecular flexibility index (Phi) is 6.54. The Balaban J connectivity index is 1.47. The van der Waals surface area contributed by atoms with Crippen LogP contribution in [0.4, 0.5) is 10.3 Å². The number of hydrogen-bond donors (Lipinski definition) is 1. The largest absolute Gasteiger partial charge is 0.439 e. The van der Waals surface area contributed by atoms with E-state index in [-0.39, 0.29) is 23.1 Å². The number of pyridine rings is 1. The highest BCUT2D eigenvalue weighted by atomic mass is 35.5. The highest BCUT2D eigenvalue weighted by Gasteiger charge is 2.19. The molecule has 3 aromatic rings. The zero-order chi connectivity index (χ0) is 21.6. The lowest BCUT2D eigenvalue weighted by Crippen LogP contribution is -2.37. The summed E-state index contributed by atoms with van der Waals surface area (Å²) >= 11 is 6.16. The van der Waals surface area contributed by atoms with Gasteiger partial charge in [-0.25, -0.2) is 19.3 Å². The molecule has 0 saturated carbocycles. The van der Waals surface area contributed by atoms with E-state index >= 15 is 0 Å². The molecule has 0 atom stereocenters. The molecule has 1 N–H and O–H groups in total. The molecule has 1 aromatic carbocycles. The number of nitrogens with one attached hydrogen (secondary N) is 1.